The molecule has 6 rings (SSSR count). The quantitative estimate of drug-likeness (QED) is 0.234. The van der Waals surface area contributed by atoms with Gasteiger partial charge >= 0.3 is 5.97 Å². The zero-order valence-corrected chi connectivity index (χ0v) is 26.7. The van der Waals surface area contributed by atoms with Crippen LogP contribution in [0.15, 0.2) is 77.6 Å². The third-order valence-corrected chi connectivity index (χ3v) is 8.52. The number of amides is 2. The van der Waals surface area contributed by atoms with Crippen LogP contribution in [0.5, 0.6) is 0 Å². The second-order valence-corrected chi connectivity index (χ2v) is 13.6. The second-order valence-electron chi connectivity index (χ2n) is 13.6. The van der Waals surface area contributed by atoms with Crippen LogP contribution in [0.25, 0.3) is 16.6 Å². The summed E-state index contributed by atoms with van der Waals surface area (Å²) in [5.74, 6) is -1.55. The predicted octanol–water partition coefficient (Wildman–Crippen LogP) is 4.78. The molecule has 2 unspecified atom stereocenters. The van der Waals surface area contributed by atoms with Crippen molar-refractivity contribution in [2.45, 2.75) is 70.6 Å². The highest BCUT2D eigenvalue weighted by Crippen LogP contribution is 2.43. The summed E-state index contributed by atoms with van der Waals surface area (Å²) in [6.45, 7) is 9.26. The Balaban J connectivity index is 1.41. The number of para-hydroxylation sites is 3. The Morgan fingerprint density at radius 3 is 2.35 bits per heavy atom. The highest BCUT2D eigenvalue weighted by Gasteiger charge is 2.50. The van der Waals surface area contributed by atoms with Crippen LogP contribution in [-0.2, 0) is 14.3 Å². The van der Waals surface area contributed by atoms with Crippen LogP contribution in [-0.4, -0.2) is 45.0 Å². The third kappa shape index (κ3) is 5.47. The number of rotatable bonds is 6. The van der Waals surface area contributed by atoms with Gasteiger partial charge in [0.15, 0.2) is 5.54 Å². The van der Waals surface area contributed by atoms with Gasteiger partial charge in [-0.25, -0.2) is 9.78 Å². The summed E-state index contributed by atoms with van der Waals surface area (Å²) in [4.78, 5) is 61.9. The van der Waals surface area contributed by atoms with E-state index in [0.717, 1.165) is 5.56 Å². The molecular weight excluding hydrogens is 582 g/mol. The van der Waals surface area contributed by atoms with Gasteiger partial charge in [-0.15, -0.1) is 0 Å². The molecule has 10 heteroatoms. The second kappa shape index (κ2) is 11.5. The van der Waals surface area contributed by atoms with E-state index < -0.39 is 29.1 Å². The number of nitrogens with one attached hydrogen (secondary N) is 1. The first-order chi connectivity index (χ1) is 21.8. The van der Waals surface area contributed by atoms with E-state index in [1.807, 2.05) is 44.2 Å². The summed E-state index contributed by atoms with van der Waals surface area (Å²) in [6, 6.07) is 20.9. The fourth-order valence-electron chi connectivity index (χ4n) is 6.63. The van der Waals surface area contributed by atoms with Crippen molar-refractivity contribution in [1.82, 2.24) is 14.9 Å². The normalized spacial score (nSPS) is 18.7. The van der Waals surface area contributed by atoms with Crippen LogP contribution in [0.3, 0.4) is 0 Å². The van der Waals surface area contributed by atoms with Gasteiger partial charge in [-0.1, -0.05) is 56.3 Å². The van der Waals surface area contributed by atoms with Crippen LogP contribution in [0.4, 0.5) is 5.69 Å². The number of aromatic nitrogens is 2. The minimum Gasteiger partial charge on any atom is -0.458 e. The molecule has 3 heterocycles. The molecule has 0 saturated carbocycles. The fraction of sp³-hybridized carbons (Fsp3) is 0.361. The number of nitrogens with zero attached hydrogens (tertiary/aromatic N) is 3. The minimum atomic E-state index is -1.90. The summed E-state index contributed by atoms with van der Waals surface area (Å²) < 4.78 is 7.19. The summed E-state index contributed by atoms with van der Waals surface area (Å²) in [5.41, 5.74) is 6.59. The van der Waals surface area contributed by atoms with E-state index in [-0.39, 0.29) is 36.3 Å². The van der Waals surface area contributed by atoms with E-state index in [0.29, 0.717) is 40.1 Å². The molecule has 238 valence electrons. The number of ether oxygens (including phenoxy) is 1. The molecule has 2 aliphatic heterocycles. The van der Waals surface area contributed by atoms with E-state index in [1.54, 1.807) is 68.1 Å². The van der Waals surface area contributed by atoms with Gasteiger partial charge in [0.1, 0.15) is 11.4 Å². The van der Waals surface area contributed by atoms with Gasteiger partial charge in [-0.3, -0.25) is 19.0 Å². The minimum absolute atomic E-state index is 0.0614. The van der Waals surface area contributed by atoms with Crippen LogP contribution in [0, 0.1) is 5.92 Å². The molecular formula is C36H39N5O5. The maximum Gasteiger partial charge on any atom is 0.336 e. The lowest BCUT2D eigenvalue weighted by Gasteiger charge is -2.34. The number of fused-ring (bicyclic) bond motifs is 5. The number of esters is 1. The Bertz CT molecular complexity index is 1930. The van der Waals surface area contributed by atoms with Gasteiger partial charge in [0, 0.05) is 18.2 Å². The topological polar surface area (TPSA) is 137 Å². The molecule has 0 saturated heterocycles. The first kappa shape index (κ1) is 31.2. The number of benzene rings is 3. The molecule has 3 N–H and O–H groups in total. The lowest BCUT2D eigenvalue weighted by molar-refractivity contribution is -0.164. The van der Waals surface area contributed by atoms with Gasteiger partial charge in [0.2, 0.25) is 0 Å². The van der Waals surface area contributed by atoms with E-state index in [2.05, 4.69) is 5.32 Å². The Kier molecular flexibility index (Phi) is 7.80. The first-order valence-corrected chi connectivity index (χ1v) is 15.6. The maximum absolute atomic E-state index is 14.3. The number of carbonyl (C=O) groups excluding carboxylic acids is 3. The van der Waals surface area contributed by atoms with Crippen molar-refractivity contribution in [3.63, 3.8) is 0 Å². The molecule has 0 bridgehead atoms. The molecule has 0 radical (unpaired) electrons. The standard InChI is InChI=1S/C36H39N5O5/c1-21(2)19-36(37,34(45)46-35(3,4)5)33(44)40-20-22(23-12-7-10-16-28(23)40)18-27-30-38-26-15-9-6-13-24(26)32(43)41(30)29-17-11-8-14-25(29)31(42)39-27/h6-17,21-22,27H,18-20,37H2,1-5H3,(H,39,42)/t22?,27?,36-/m1/s1. The Morgan fingerprint density at radius 2 is 1.63 bits per heavy atom. The van der Waals surface area contributed by atoms with Crippen molar-refractivity contribution in [2.75, 3.05) is 11.4 Å². The van der Waals surface area contributed by atoms with E-state index in [9.17, 15) is 19.2 Å². The number of hydrogen-bond acceptors (Lipinski definition) is 7. The average Bonchev–Trinajstić information content (AvgIpc) is 3.31. The third-order valence-electron chi connectivity index (χ3n) is 8.52. The average molecular weight is 622 g/mol. The lowest BCUT2D eigenvalue weighted by Crippen LogP contribution is -2.62. The van der Waals surface area contributed by atoms with Gasteiger partial charge in [-0.05, 0) is 75.4 Å². The maximum atomic E-state index is 14.3. The zero-order valence-electron chi connectivity index (χ0n) is 26.7. The molecule has 2 amide bonds. The molecule has 46 heavy (non-hydrogen) atoms. The molecule has 10 nitrogen and oxygen atoms in total. The number of hydrogen-bond donors (Lipinski definition) is 2. The fourth-order valence-corrected chi connectivity index (χ4v) is 6.63. The summed E-state index contributed by atoms with van der Waals surface area (Å²) >= 11 is 0. The van der Waals surface area contributed by atoms with Crippen molar-refractivity contribution in [1.29, 1.82) is 0 Å². The Morgan fingerprint density at radius 1 is 0.978 bits per heavy atom. The summed E-state index contributed by atoms with van der Waals surface area (Å²) in [5, 5.41) is 3.57. The summed E-state index contributed by atoms with van der Waals surface area (Å²) in [7, 11) is 0. The van der Waals surface area contributed by atoms with Crippen LogP contribution >= 0.6 is 0 Å². The number of nitrogens with two attached hydrogens (primary N) is 1. The molecule has 3 aromatic carbocycles. The molecule has 3 atom stereocenters. The Labute approximate surface area is 267 Å². The van der Waals surface area contributed by atoms with Crippen LogP contribution < -0.4 is 21.5 Å². The molecule has 1 aromatic heterocycles. The summed E-state index contributed by atoms with van der Waals surface area (Å²) in [6.07, 6.45) is 0.438. The van der Waals surface area contributed by atoms with E-state index >= 15 is 0 Å². The van der Waals surface area contributed by atoms with Crippen molar-refractivity contribution < 1.29 is 19.1 Å². The van der Waals surface area contributed by atoms with E-state index in [1.165, 1.54) is 4.57 Å². The lowest BCUT2D eigenvalue weighted by atomic mass is 9.88. The molecule has 4 aromatic rings. The first-order valence-electron chi connectivity index (χ1n) is 15.6. The molecule has 2 aliphatic rings. The predicted molar refractivity (Wildman–Crippen MR) is 176 cm³/mol. The van der Waals surface area contributed by atoms with Crippen molar-refractivity contribution >= 4 is 34.4 Å². The monoisotopic (exact) mass is 621 g/mol. The number of carbonyl (C=O) groups is 3. The van der Waals surface area contributed by atoms with Crippen LogP contribution in [0.2, 0.25) is 0 Å². The van der Waals surface area contributed by atoms with Gasteiger partial charge < -0.3 is 20.7 Å². The number of anilines is 1. The largest absolute Gasteiger partial charge is 0.458 e. The van der Waals surface area contributed by atoms with Crippen molar-refractivity contribution in [2.24, 2.45) is 11.7 Å². The van der Waals surface area contributed by atoms with Gasteiger partial charge in [-0.2, -0.15) is 0 Å². The smallest absolute Gasteiger partial charge is 0.336 e. The molecule has 0 aliphatic carbocycles. The van der Waals surface area contributed by atoms with Gasteiger partial charge in [0.05, 0.1) is 28.2 Å². The highest BCUT2D eigenvalue weighted by molar-refractivity contribution is 6.15. The zero-order chi connectivity index (χ0) is 33.0. The Hall–Kier alpha value is -4.83. The van der Waals surface area contributed by atoms with Crippen LogP contribution in [0.1, 0.15) is 81.2 Å². The highest BCUT2D eigenvalue weighted by atomic mass is 16.6. The van der Waals surface area contributed by atoms with Crippen molar-refractivity contribution in [3.8, 4) is 5.69 Å². The SMILES string of the molecule is CC(C)C[C@](N)(C(=O)OC(C)(C)C)C(=O)N1CC(CC2NC(=O)c3ccccc3-n3c2nc2ccccc2c3=O)c2ccccc21. The van der Waals surface area contributed by atoms with E-state index in [4.69, 9.17) is 15.5 Å². The molecule has 0 spiro atoms. The van der Waals surface area contributed by atoms with Crippen molar-refractivity contribution in [3.05, 3.63) is 100 Å². The molecule has 0 fully saturated rings. The van der Waals surface area contributed by atoms with Gasteiger partial charge in [0.25, 0.3) is 17.4 Å².